The fourth-order valence-corrected chi connectivity index (χ4v) is 2.83. The number of esters is 1. The van der Waals surface area contributed by atoms with Crippen LogP contribution in [0, 0.1) is 10.1 Å². The monoisotopic (exact) mass is 332 g/mol. The van der Waals surface area contributed by atoms with E-state index >= 15 is 0 Å². The predicted molar refractivity (Wildman–Crippen MR) is 87.9 cm³/mol. The highest BCUT2D eigenvalue weighted by Crippen LogP contribution is 2.39. The first kappa shape index (κ1) is 17.5. The molecule has 0 radical (unpaired) electrons. The van der Waals surface area contributed by atoms with Gasteiger partial charge in [-0.25, -0.2) is 4.79 Å². The van der Waals surface area contributed by atoms with Crippen LogP contribution >= 0.6 is 0 Å². The minimum absolute atomic E-state index is 0.0613. The molecule has 7 nitrogen and oxygen atoms in total. The second kappa shape index (κ2) is 7.16. The zero-order valence-electron chi connectivity index (χ0n) is 14.1. The summed E-state index contributed by atoms with van der Waals surface area (Å²) in [5, 5.41) is 14.5. The first-order valence-corrected chi connectivity index (χ1v) is 7.54. The minimum atomic E-state index is -0.800. The minimum Gasteiger partial charge on any atom is -0.497 e. The summed E-state index contributed by atoms with van der Waals surface area (Å²) >= 11 is 0. The lowest BCUT2D eigenvalue weighted by atomic mass is 9.84. The summed E-state index contributed by atoms with van der Waals surface area (Å²) in [7, 11) is 1.54. The molecule has 0 saturated carbocycles. The maximum Gasteiger partial charge on any atom is 0.336 e. The van der Waals surface area contributed by atoms with E-state index in [1.165, 1.54) is 0 Å². The number of allylic oxidation sites excluding steroid dienone is 3. The fourth-order valence-electron chi connectivity index (χ4n) is 2.83. The van der Waals surface area contributed by atoms with Crippen molar-refractivity contribution in [3.63, 3.8) is 0 Å². The molecule has 0 amide bonds. The van der Waals surface area contributed by atoms with Crippen molar-refractivity contribution >= 4 is 5.97 Å². The Morgan fingerprint density at radius 3 is 2.38 bits per heavy atom. The molecule has 0 aromatic heterocycles. The Bertz CT molecular complexity index is 719. The molecule has 2 rings (SSSR count). The van der Waals surface area contributed by atoms with Crippen molar-refractivity contribution in [1.29, 1.82) is 0 Å². The lowest BCUT2D eigenvalue weighted by Crippen LogP contribution is -2.31. The predicted octanol–water partition coefficient (Wildman–Crippen LogP) is 2.73. The number of rotatable bonds is 5. The Hall–Kier alpha value is -2.83. The van der Waals surface area contributed by atoms with Gasteiger partial charge in [0.15, 0.2) is 0 Å². The van der Waals surface area contributed by atoms with Gasteiger partial charge in [-0.15, -0.1) is 0 Å². The van der Waals surface area contributed by atoms with Crippen LogP contribution in [-0.4, -0.2) is 24.6 Å². The van der Waals surface area contributed by atoms with Crippen molar-refractivity contribution in [2.75, 3.05) is 13.7 Å². The standard InChI is InChI=1S/C17H20N2O5/c1-5-24-17(20)14-10(2)18-11(3)16(19(21)22)15(14)12-6-8-13(23-4)9-7-12/h6-9,15,18H,5H2,1-4H3. The number of benzene rings is 1. The maximum atomic E-state index is 12.4. The van der Waals surface area contributed by atoms with E-state index in [4.69, 9.17) is 9.47 Å². The number of methoxy groups -OCH3 is 1. The van der Waals surface area contributed by atoms with E-state index in [0.717, 1.165) is 0 Å². The number of nitro groups is 1. The van der Waals surface area contributed by atoms with E-state index in [1.54, 1.807) is 52.1 Å². The summed E-state index contributed by atoms with van der Waals surface area (Å²) in [6, 6.07) is 6.86. The van der Waals surface area contributed by atoms with Crippen LogP contribution in [0.5, 0.6) is 5.75 Å². The molecule has 1 unspecified atom stereocenters. The molecule has 1 aliphatic rings. The fraction of sp³-hybridized carbons (Fsp3) is 0.353. The number of carbonyl (C=O) groups excluding carboxylic acids is 1. The molecule has 0 bridgehead atoms. The van der Waals surface area contributed by atoms with Gasteiger partial charge in [0.25, 0.3) is 5.70 Å². The Balaban J connectivity index is 2.60. The summed E-state index contributed by atoms with van der Waals surface area (Å²) < 4.78 is 10.2. The number of nitrogens with one attached hydrogen (secondary N) is 1. The van der Waals surface area contributed by atoms with Crippen molar-refractivity contribution in [1.82, 2.24) is 5.32 Å². The molecule has 1 aromatic rings. The van der Waals surface area contributed by atoms with Crippen molar-refractivity contribution in [3.05, 3.63) is 62.6 Å². The largest absolute Gasteiger partial charge is 0.497 e. The first-order valence-electron chi connectivity index (χ1n) is 7.54. The van der Waals surface area contributed by atoms with Crippen molar-refractivity contribution < 1.29 is 19.2 Å². The van der Waals surface area contributed by atoms with Gasteiger partial charge >= 0.3 is 5.97 Å². The summed E-state index contributed by atoms with van der Waals surface area (Å²) in [5.74, 6) is -0.726. The van der Waals surface area contributed by atoms with E-state index in [0.29, 0.717) is 22.7 Å². The van der Waals surface area contributed by atoms with Crippen LogP contribution in [0.4, 0.5) is 0 Å². The van der Waals surface area contributed by atoms with E-state index in [2.05, 4.69) is 5.32 Å². The Kier molecular flexibility index (Phi) is 5.23. The van der Waals surface area contributed by atoms with Crippen LogP contribution in [-0.2, 0) is 9.53 Å². The van der Waals surface area contributed by atoms with Crippen LogP contribution in [0.1, 0.15) is 32.3 Å². The van der Waals surface area contributed by atoms with Crippen molar-refractivity contribution in [2.24, 2.45) is 0 Å². The molecular formula is C17H20N2O5. The molecule has 1 aliphatic heterocycles. The number of hydrogen-bond acceptors (Lipinski definition) is 6. The number of ether oxygens (including phenoxy) is 2. The molecule has 0 saturated heterocycles. The third kappa shape index (κ3) is 3.24. The molecule has 0 aliphatic carbocycles. The average molecular weight is 332 g/mol. The lowest BCUT2D eigenvalue weighted by molar-refractivity contribution is -0.431. The second-order valence-corrected chi connectivity index (χ2v) is 5.36. The molecule has 1 aromatic carbocycles. The molecule has 0 fully saturated rings. The average Bonchev–Trinajstić information content (AvgIpc) is 2.53. The van der Waals surface area contributed by atoms with Crippen LogP contribution in [0.25, 0.3) is 0 Å². The molecular weight excluding hydrogens is 312 g/mol. The van der Waals surface area contributed by atoms with Gasteiger partial charge in [-0.05, 0) is 38.5 Å². The first-order chi connectivity index (χ1) is 11.4. The number of nitrogens with zero attached hydrogens (tertiary/aromatic N) is 1. The third-order valence-corrected chi connectivity index (χ3v) is 3.87. The van der Waals surface area contributed by atoms with Gasteiger partial charge in [0.05, 0.1) is 29.9 Å². The number of carbonyl (C=O) groups is 1. The van der Waals surface area contributed by atoms with Crippen LogP contribution in [0.3, 0.4) is 0 Å². The highest BCUT2D eigenvalue weighted by atomic mass is 16.6. The summed E-state index contributed by atoms with van der Waals surface area (Å²) in [6.45, 7) is 5.23. The molecule has 24 heavy (non-hydrogen) atoms. The van der Waals surface area contributed by atoms with Gasteiger partial charge in [0.1, 0.15) is 11.7 Å². The van der Waals surface area contributed by atoms with Crippen LogP contribution in [0.2, 0.25) is 0 Å². The highest BCUT2D eigenvalue weighted by Gasteiger charge is 2.40. The normalized spacial score (nSPS) is 17.4. The Morgan fingerprint density at radius 2 is 1.88 bits per heavy atom. The smallest absolute Gasteiger partial charge is 0.336 e. The van der Waals surface area contributed by atoms with Crippen LogP contribution < -0.4 is 10.1 Å². The second-order valence-electron chi connectivity index (χ2n) is 5.36. The van der Waals surface area contributed by atoms with E-state index in [-0.39, 0.29) is 17.9 Å². The molecule has 128 valence electrons. The van der Waals surface area contributed by atoms with Crippen LogP contribution in [0.15, 0.2) is 46.9 Å². The summed E-state index contributed by atoms with van der Waals surface area (Å²) in [4.78, 5) is 23.6. The van der Waals surface area contributed by atoms with Gasteiger partial charge in [-0.1, -0.05) is 12.1 Å². The number of hydrogen-bond donors (Lipinski definition) is 1. The quantitative estimate of drug-likeness (QED) is 0.506. The summed E-state index contributed by atoms with van der Waals surface area (Å²) in [5.41, 5.74) is 1.78. The molecule has 1 N–H and O–H groups in total. The Labute approximate surface area is 140 Å². The molecule has 0 spiro atoms. The van der Waals surface area contributed by atoms with Gasteiger partial charge in [0, 0.05) is 5.70 Å². The lowest BCUT2D eigenvalue weighted by Gasteiger charge is -2.26. The SMILES string of the molecule is CCOC(=O)C1=C(C)NC(C)=C([N+](=O)[O-])C1c1ccc(OC)cc1. The van der Waals surface area contributed by atoms with Gasteiger partial charge in [-0.2, -0.15) is 0 Å². The zero-order chi connectivity index (χ0) is 17.9. The van der Waals surface area contributed by atoms with E-state index in [9.17, 15) is 14.9 Å². The zero-order valence-corrected chi connectivity index (χ0v) is 14.1. The molecule has 1 heterocycles. The van der Waals surface area contributed by atoms with Crippen molar-refractivity contribution in [3.8, 4) is 5.75 Å². The highest BCUT2D eigenvalue weighted by molar-refractivity contribution is 5.92. The number of dihydropyridines is 1. The van der Waals surface area contributed by atoms with Gasteiger partial charge < -0.3 is 14.8 Å². The third-order valence-electron chi connectivity index (χ3n) is 3.87. The Morgan fingerprint density at radius 1 is 1.25 bits per heavy atom. The summed E-state index contributed by atoms with van der Waals surface area (Å²) in [6.07, 6.45) is 0. The van der Waals surface area contributed by atoms with E-state index < -0.39 is 16.8 Å². The van der Waals surface area contributed by atoms with E-state index in [1.807, 2.05) is 0 Å². The van der Waals surface area contributed by atoms with Crippen molar-refractivity contribution in [2.45, 2.75) is 26.7 Å². The van der Waals surface area contributed by atoms with Gasteiger partial charge in [0.2, 0.25) is 0 Å². The van der Waals surface area contributed by atoms with Gasteiger partial charge in [-0.3, -0.25) is 10.1 Å². The maximum absolute atomic E-state index is 12.4. The molecule has 7 heteroatoms. The topological polar surface area (TPSA) is 90.7 Å². The molecule has 1 atom stereocenters.